The molecular formula is C11H15N2O3-. The third-order valence-electron chi connectivity index (χ3n) is 2.31. The molecule has 0 spiro atoms. The molecule has 88 valence electrons. The molecule has 0 bridgehead atoms. The van der Waals surface area contributed by atoms with Gasteiger partial charge in [-0.1, -0.05) is 6.07 Å². The average Bonchev–Trinajstić information content (AvgIpc) is 2.20. The SMILES string of the molecule is CN(C)CCCc1cc([N+](=O)[O-])ccc1[O-]. The summed E-state index contributed by atoms with van der Waals surface area (Å²) >= 11 is 0. The molecule has 0 unspecified atom stereocenters. The Bertz CT molecular complexity index is 377. The van der Waals surface area contributed by atoms with Gasteiger partial charge in [0.15, 0.2) is 0 Å². The van der Waals surface area contributed by atoms with Gasteiger partial charge < -0.3 is 10.0 Å². The largest absolute Gasteiger partial charge is 0.872 e. The Morgan fingerprint density at radius 3 is 2.62 bits per heavy atom. The highest BCUT2D eigenvalue weighted by Crippen LogP contribution is 2.21. The summed E-state index contributed by atoms with van der Waals surface area (Å²) in [6, 6.07) is 3.89. The summed E-state index contributed by atoms with van der Waals surface area (Å²) in [7, 11) is 3.90. The minimum Gasteiger partial charge on any atom is -0.872 e. The molecule has 0 atom stereocenters. The molecule has 0 saturated carbocycles. The molecule has 0 radical (unpaired) electrons. The molecule has 1 rings (SSSR count). The van der Waals surface area contributed by atoms with Crippen molar-refractivity contribution in [2.45, 2.75) is 12.8 Å². The number of non-ortho nitro benzene ring substituents is 1. The first-order chi connectivity index (χ1) is 7.50. The van der Waals surface area contributed by atoms with Gasteiger partial charge in [-0.2, -0.15) is 0 Å². The zero-order valence-electron chi connectivity index (χ0n) is 9.47. The highest BCUT2D eigenvalue weighted by atomic mass is 16.6. The van der Waals surface area contributed by atoms with Gasteiger partial charge in [-0.15, -0.1) is 5.75 Å². The van der Waals surface area contributed by atoms with Crippen LogP contribution < -0.4 is 5.11 Å². The van der Waals surface area contributed by atoms with Gasteiger partial charge in [0, 0.05) is 12.1 Å². The van der Waals surface area contributed by atoms with E-state index in [-0.39, 0.29) is 11.4 Å². The number of nitrogens with zero attached hydrogens (tertiary/aromatic N) is 2. The van der Waals surface area contributed by atoms with E-state index in [0.717, 1.165) is 13.0 Å². The van der Waals surface area contributed by atoms with E-state index < -0.39 is 4.92 Å². The van der Waals surface area contributed by atoms with E-state index in [1.54, 1.807) is 0 Å². The van der Waals surface area contributed by atoms with Crippen LogP contribution in [0.2, 0.25) is 0 Å². The quantitative estimate of drug-likeness (QED) is 0.555. The lowest BCUT2D eigenvalue weighted by molar-refractivity contribution is -0.385. The Kier molecular flexibility index (Phi) is 4.25. The van der Waals surface area contributed by atoms with Crippen LogP contribution in [0.3, 0.4) is 0 Å². The molecular weight excluding hydrogens is 208 g/mol. The number of hydrogen-bond donors (Lipinski definition) is 0. The number of hydrogen-bond acceptors (Lipinski definition) is 4. The maximum Gasteiger partial charge on any atom is 0.269 e. The van der Waals surface area contributed by atoms with Gasteiger partial charge in [0.25, 0.3) is 5.69 Å². The van der Waals surface area contributed by atoms with Crippen molar-refractivity contribution < 1.29 is 10.0 Å². The van der Waals surface area contributed by atoms with Gasteiger partial charge in [-0.3, -0.25) is 10.1 Å². The number of nitro benzene ring substituents is 1. The first kappa shape index (κ1) is 12.4. The van der Waals surface area contributed by atoms with Crippen molar-refractivity contribution in [2.75, 3.05) is 20.6 Å². The Hall–Kier alpha value is -1.62. The highest BCUT2D eigenvalue weighted by Gasteiger charge is 2.06. The molecule has 1 aromatic rings. The maximum atomic E-state index is 11.4. The second-order valence-corrected chi connectivity index (χ2v) is 3.96. The predicted octanol–water partition coefficient (Wildman–Crippen LogP) is 1.16. The summed E-state index contributed by atoms with van der Waals surface area (Å²) in [6.07, 6.45) is 1.40. The lowest BCUT2D eigenvalue weighted by atomic mass is 10.1. The van der Waals surface area contributed by atoms with E-state index >= 15 is 0 Å². The zero-order chi connectivity index (χ0) is 12.1. The maximum absolute atomic E-state index is 11.4. The van der Waals surface area contributed by atoms with Crippen LogP contribution in [-0.2, 0) is 6.42 Å². The smallest absolute Gasteiger partial charge is 0.269 e. The molecule has 16 heavy (non-hydrogen) atoms. The molecule has 0 saturated heterocycles. The summed E-state index contributed by atoms with van der Waals surface area (Å²) < 4.78 is 0. The fourth-order valence-corrected chi connectivity index (χ4v) is 1.46. The minimum absolute atomic E-state index is 0.0144. The van der Waals surface area contributed by atoms with E-state index in [1.807, 2.05) is 19.0 Å². The van der Waals surface area contributed by atoms with Crippen molar-refractivity contribution in [3.8, 4) is 5.75 Å². The third kappa shape index (κ3) is 3.51. The fraction of sp³-hybridized carbons (Fsp3) is 0.455. The Balaban J connectivity index is 2.70. The Morgan fingerprint density at radius 2 is 2.06 bits per heavy atom. The Morgan fingerprint density at radius 1 is 1.38 bits per heavy atom. The van der Waals surface area contributed by atoms with Crippen LogP contribution in [0.25, 0.3) is 0 Å². The molecule has 0 aliphatic rings. The van der Waals surface area contributed by atoms with Crippen molar-refractivity contribution in [3.05, 3.63) is 33.9 Å². The van der Waals surface area contributed by atoms with E-state index in [2.05, 4.69) is 0 Å². The molecule has 0 aliphatic heterocycles. The van der Waals surface area contributed by atoms with E-state index in [4.69, 9.17) is 0 Å². The standard InChI is InChI=1S/C11H16N2O3/c1-12(2)7-3-4-9-8-10(13(15)16)5-6-11(9)14/h5-6,8,14H,3-4,7H2,1-2H3/p-1. The minimum atomic E-state index is -0.477. The lowest BCUT2D eigenvalue weighted by Crippen LogP contribution is -2.13. The Labute approximate surface area is 94.5 Å². The molecule has 0 N–H and O–H groups in total. The van der Waals surface area contributed by atoms with E-state index in [9.17, 15) is 15.2 Å². The van der Waals surface area contributed by atoms with Crippen molar-refractivity contribution in [1.82, 2.24) is 4.90 Å². The van der Waals surface area contributed by atoms with E-state index in [0.29, 0.717) is 12.0 Å². The predicted molar refractivity (Wildman–Crippen MR) is 59.4 cm³/mol. The average molecular weight is 223 g/mol. The second kappa shape index (κ2) is 5.46. The van der Waals surface area contributed by atoms with Crippen molar-refractivity contribution in [3.63, 3.8) is 0 Å². The van der Waals surface area contributed by atoms with Crippen LogP contribution in [-0.4, -0.2) is 30.5 Å². The van der Waals surface area contributed by atoms with Crippen LogP contribution in [0.5, 0.6) is 5.75 Å². The topological polar surface area (TPSA) is 69.4 Å². The molecule has 5 heteroatoms. The number of rotatable bonds is 5. The van der Waals surface area contributed by atoms with Crippen LogP contribution in [0, 0.1) is 10.1 Å². The van der Waals surface area contributed by atoms with Crippen molar-refractivity contribution >= 4 is 5.69 Å². The van der Waals surface area contributed by atoms with Gasteiger partial charge in [-0.25, -0.2) is 0 Å². The van der Waals surface area contributed by atoms with Gasteiger partial charge in [0.2, 0.25) is 0 Å². The lowest BCUT2D eigenvalue weighted by Gasteiger charge is -2.14. The third-order valence-corrected chi connectivity index (χ3v) is 2.31. The van der Waals surface area contributed by atoms with Crippen molar-refractivity contribution in [1.29, 1.82) is 0 Å². The second-order valence-electron chi connectivity index (χ2n) is 3.96. The van der Waals surface area contributed by atoms with Crippen LogP contribution in [0.4, 0.5) is 5.69 Å². The summed E-state index contributed by atoms with van der Waals surface area (Å²) in [6.45, 7) is 0.863. The zero-order valence-corrected chi connectivity index (χ0v) is 9.47. The van der Waals surface area contributed by atoms with Gasteiger partial charge in [0.1, 0.15) is 0 Å². The van der Waals surface area contributed by atoms with Gasteiger partial charge >= 0.3 is 0 Å². The normalized spacial score (nSPS) is 10.7. The number of benzene rings is 1. The number of nitro groups is 1. The van der Waals surface area contributed by atoms with E-state index in [1.165, 1.54) is 18.2 Å². The first-order valence-electron chi connectivity index (χ1n) is 5.10. The van der Waals surface area contributed by atoms with Gasteiger partial charge in [0.05, 0.1) is 4.92 Å². The summed E-state index contributed by atoms with van der Waals surface area (Å²) in [5, 5.41) is 22.0. The molecule has 0 amide bonds. The van der Waals surface area contributed by atoms with Crippen LogP contribution in [0.1, 0.15) is 12.0 Å². The molecule has 0 aromatic heterocycles. The fourth-order valence-electron chi connectivity index (χ4n) is 1.46. The van der Waals surface area contributed by atoms with Crippen LogP contribution >= 0.6 is 0 Å². The number of aryl methyl sites for hydroxylation is 1. The molecule has 5 nitrogen and oxygen atoms in total. The van der Waals surface area contributed by atoms with Gasteiger partial charge in [-0.05, 0) is 39.0 Å². The van der Waals surface area contributed by atoms with Crippen LogP contribution in [0.15, 0.2) is 18.2 Å². The molecule has 0 fully saturated rings. The summed E-state index contributed by atoms with van der Waals surface area (Å²) in [4.78, 5) is 12.1. The summed E-state index contributed by atoms with van der Waals surface area (Å²) in [5.41, 5.74) is 0.510. The monoisotopic (exact) mass is 223 g/mol. The molecule has 1 aromatic carbocycles. The highest BCUT2D eigenvalue weighted by molar-refractivity contribution is 5.42. The molecule has 0 heterocycles. The van der Waals surface area contributed by atoms with Crippen molar-refractivity contribution in [2.24, 2.45) is 0 Å². The first-order valence-corrected chi connectivity index (χ1v) is 5.10. The summed E-state index contributed by atoms with van der Waals surface area (Å²) in [5.74, 6) is -0.121. The molecule has 0 aliphatic carbocycles.